The van der Waals surface area contributed by atoms with Crippen LogP contribution < -0.4 is 9.64 Å². The second-order valence-electron chi connectivity index (χ2n) is 9.06. The number of hydrogen-bond acceptors (Lipinski definition) is 4. The number of piperidine rings is 1. The monoisotopic (exact) mass is 419 g/mol. The van der Waals surface area contributed by atoms with Crippen molar-refractivity contribution in [1.82, 2.24) is 9.80 Å². The molecule has 3 aliphatic rings. The summed E-state index contributed by atoms with van der Waals surface area (Å²) in [6, 6.07) is 17.5. The first-order chi connectivity index (χ1) is 15.2. The Hall–Kier alpha value is -2.53. The van der Waals surface area contributed by atoms with Crippen molar-refractivity contribution >= 4 is 11.6 Å². The van der Waals surface area contributed by atoms with Crippen molar-refractivity contribution in [2.45, 2.75) is 37.6 Å². The molecule has 2 aromatic rings. The van der Waals surface area contributed by atoms with E-state index in [1.807, 2.05) is 0 Å². The Morgan fingerprint density at radius 2 is 1.77 bits per heavy atom. The molecule has 2 aliphatic heterocycles. The molecule has 0 bridgehead atoms. The van der Waals surface area contributed by atoms with Crippen LogP contribution in [0.2, 0.25) is 0 Å². The number of nitrogens with zero attached hydrogens (tertiary/aromatic N) is 3. The Morgan fingerprint density at radius 3 is 2.55 bits per heavy atom. The minimum Gasteiger partial charge on any atom is -0.496 e. The van der Waals surface area contributed by atoms with Gasteiger partial charge in [-0.05, 0) is 67.5 Å². The molecule has 2 heterocycles. The predicted molar refractivity (Wildman–Crippen MR) is 124 cm³/mol. The van der Waals surface area contributed by atoms with Crippen LogP contribution in [0, 0.1) is 0 Å². The van der Waals surface area contributed by atoms with Gasteiger partial charge in [0.05, 0.1) is 13.7 Å². The lowest BCUT2D eigenvalue weighted by molar-refractivity contribution is -0.134. The molecule has 0 N–H and O–H groups in total. The number of methoxy groups -OCH3 is 1. The van der Waals surface area contributed by atoms with Gasteiger partial charge in [-0.1, -0.05) is 30.3 Å². The molecular weight excluding hydrogens is 386 g/mol. The number of ether oxygens (including phenoxy) is 1. The second-order valence-corrected chi connectivity index (χ2v) is 9.06. The van der Waals surface area contributed by atoms with Crippen molar-refractivity contribution in [3.8, 4) is 5.75 Å². The van der Waals surface area contributed by atoms with Crippen LogP contribution in [0.1, 0.15) is 36.3 Å². The molecule has 2 fully saturated rings. The van der Waals surface area contributed by atoms with Gasteiger partial charge in [-0.25, -0.2) is 0 Å². The van der Waals surface area contributed by atoms with E-state index in [1.54, 1.807) is 7.11 Å². The number of fused-ring (bicyclic) bond motifs is 3. The summed E-state index contributed by atoms with van der Waals surface area (Å²) in [5, 5.41) is 0. The third-order valence-electron chi connectivity index (χ3n) is 7.46. The molecule has 0 radical (unpaired) electrons. The summed E-state index contributed by atoms with van der Waals surface area (Å²) in [7, 11) is 1.77. The van der Waals surface area contributed by atoms with E-state index in [2.05, 4.69) is 63.2 Å². The van der Waals surface area contributed by atoms with Crippen molar-refractivity contribution in [2.24, 2.45) is 0 Å². The fraction of sp³-hybridized carbons (Fsp3) is 0.500. The number of anilines is 1. The van der Waals surface area contributed by atoms with Gasteiger partial charge >= 0.3 is 0 Å². The first-order valence-electron chi connectivity index (χ1n) is 11.7. The number of likely N-dealkylation sites (tertiary alicyclic amines) is 1. The topological polar surface area (TPSA) is 36.0 Å². The molecule has 1 amide bonds. The minimum atomic E-state index is 0.296. The molecule has 2 aromatic carbocycles. The Morgan fingerprint density at radius 1 is 0.968 bits per heavy atom. The predicted octanol–water partition coefficient (Wildman–Crippen LogP) is 3.54. The fourth-order valence-electron chi connectivity index (χ4n) is 5.88. The van der Waals surface area contributed by atoms with E-state index in [1.165, 1.54) is 23.2 Å². The van der Waals surface area contributed by atoms with Gasteiger partial charge < -0.3 is 14.5 Å². The van der Waals surface area contributed by atoms with E-state index < -0.39 is 0 Å². The lowest BCUT2D eigenvalue weighted by atomic mass is 9.74. The average Bonchev–Trinajstić information content (AvgIpc) is 2.84. The number of para-hydroxylation sites is 1. The molecule has 5 heteroatoms. The standard InChI is InChI=1S/C26H33N3O2/c1-31-25-11-5-9-21-22-10-6-14-29(24(22)13-12-23(21)25)19-26(30)28-17-15-27(16-18-28)20-7-3-2-4-8-20/h2-5,7-9,11,22,24H,6,10,12-19H2,1H3/t22-,24-/m1/s1. The third kappa shape index (κ3) is 4.03. The summed E-state index contributed by atoms with van der Waals surface area (Å²) >= 11 is 0. The Kier molecular flexibility index (Phi) is 5.86. The van der Waals surface area contributed by atoms with Crippen LogP contribution in [0.15, 0.2) is 48.5 Å². The number of amides is 1. The molecule has 0 unspecified atom stereocenters. The van der Waals surface area contributed by atoms with Crippen LogP contribution in [0.3, 0.4) is 0 Å². The normalized spacial score (nSPS) is 23.8. The van der Waals surface area contributed by atoms with Gasteiger partial charge in [-0.3, -0.25) is 9.69 Å². The number of hydrogen-bond donors (Lipinski definition) is 0. The van der Waals surface area contributed by atoms with Crippen molar-refractivity contribution in [3.05, 3.63) is 59.7 Å². The molecule has 164 valence electrons. The Labute approximate surface area is 185 Å². The van der Waals surface area contributed by atoms with Crippen LogP contribution in [0.25, 0.3) is 0 Å². The van der Waals surface area contributed by atoms with Crippen molar-refractivity contribution < 1.29 is 9.53 Å². The van der Waals surface area contributed by atoms with E-state index in [-0.39, 0.29) is 0 Å². The zero-order valence-electron chi connectivity index (χ0n) is 18.5. The molecule has 0 spiro atoms. The highest BCUT2D eigenvalue weighted by atomic mass is 16.5. The summed E-state index contributed by atoms with van der Waals surface area (Å²) in [6.07, 6.45) is 4.53. The molecule has 0 aromatic heterocycles. The minimum absolute atomic E-state index is 0.296. The number of piperazine rings is 1. The third-order valence-corrected chi connectivity index (χ3v) is 7.46. The zero-order valence-corrected chi connectivity index (χ0v) is 18.5. The summed E-state index contributed by atoms with van der Waals surface area (Å²) in [5.74, 6) is 1.85. The Balaban J connectivity index is 1.22. The van der Waals surface area contributed by atoms with E-state index >= 15 is 0 Å². The first kappa shape index (κ1) is 20.4. The second kappa shape index (κ2) is 8.91. The van der Waals surface area contributed by atoms with Crippen molar-refractivity contribution in [1.29, 1.82) is 0 Å². The van der Waals surface area contributed by atoms with E-state index in [0.717, 1.165) is 57.7 Å². The molecule has 2 atom stereocenters. The number of rotatable bonds is 4. The molecule has 1 aliphatic carbocycles. The molecule has 0 saturated carbocycles. The molecule has 5 rings (SSSR count). The quantitative estimate of drug-likeness (QED) is 0.760. The van der Waals surface area contributed by atoms with Gasteiger partial charge in [-0.2, -0.15) is 0 Å². The average molecular weight is 420 g/mol. The fourth-order valence-corrected chi connectivity index (χ4v) is 5.88. The van der Waals surface area contributed by atoms with E-state index in [0.29, 0.717) is 24.4 Å². The molecule has 5 nitrogen and oxygen atoms in total. The van der Waals surface area contributed by atoms with Crippen molar-refractivity contribution in [3.63, 3.8) is 0 Å². The summed E-state index contributed by atoms with van der Waals surface area (Å²) in [4.78, 5) is 20.1. The van der Waals surface area contributed by atoms with Crippen LogP contribution in [-0.4, -0.2) is 68.1 Å². The maximum absolute atomic E-state index is 13.2. The van der Waals surface area contributed by atoms with Crippen LogP contribution >= 0.6 is 0 Å². The smallest absolute Gasteiger partial charge is 0.236 e. The SMILES string of the molecule is COc1cccc2c1CC[C@@H]1[C@@H]2CCCN1CC(=O)N1CCN(c2ccccc2)CC1. The van der Waals surface area contributed by atoms with Crippen LogP contribution in [-0.2, 0) is 11.2 Å². The maximum Gasteiger partial charge on any atom is 0.236 e. The van der Waals surface area contributed by atoms with Gasteiger partial charge in [0, 0.05) is 37.9 Å². The first-order valence-corrected chi connectivity index (χ1v) is 11.7. The highest BCUT2D eigenvalue weighted by molar-refractivity contribution is 5.78. The largest absolute Gasteiger partial charge is 0.496 e. The molecular formula is C26H33N3O2. The molecule has 2 saturated heterocycles. The summed E-state index contributed by atoms with van der Waals surface area (Å²) < 4.78 is 5.63. The summed E-state index contributed by atoms with van der Waals surface area (Å²) in [6.45, 7) is 5.05. The van der Waals surface area contributed by atoms with Gasteiger partial charge in [0.2, 0.25) is 5.91 Å². The molecule has 31 heavy (non-hydrogen) atoms. The van der Waals surface area contributed by atoms with Gasteiger partial charge in [0.1, 0.15) is 5.75 Å². The number of carbonyl (C=O) groups is 1. The van der Waals surface area contributed by atoms with Crippen LogP contribution in [0.4, 0.5) is 5.69 Å². The van der Waals surface area contributed by atoms with Crippen molar-refractivity contribution in [2.75, 3.05) is 51.3 Å². The Bertz CT molecular complexity index is 908. The lowest BCUT2D eigenvalue weighted by Gasteiger charge is -2.45. The zero-order chi connectivity index (χ0) is 21.2. The highest BCUT2D eigenvalue weighted by Gasteiger charge is 2.38. The summed E-state index contributed by atoms with van der Waals surface area (Å²) in [5.41, 5.74) is 4.09. The maximum atomic E-state index is 13.2. The number of benzene rings is 2. The number of carbonyl (C=O) groups excluding carboxylic acids is 1. The van der Waals surface area contributed by atoms with E-state index in [9.17, 15) is 4.79 Å². The van der Waals surface area contributed by atoms with Gasteiger partial charge in [0.15, 0.2) is 0 Å². The lowest BCUT2D eigenvalue weighted by Crippen LogP contribution is -2.54. The van der Waals surface area contributed by atoms with E-state index in [4.69, 9.17) is 4.74 Å². The van der Waals surface area contributed by atoms with Crippen LogP contribution in [0.5, 0.6) is 5.75 Å². The van der Waals surface area contributed by atoms with Gasteiger partial charge in [0.25, 0.3) is 0 Å². The van der Waals surface area contributed by atoms with Gasteiger partial charge in [-0.15, -0.1) is 0 Å². The highest BCUT2D eigenvalue weighted by Crippen LogP contribution is 2.43.